The Kier molecular flexibility index (Phi) is 4.34. The zero-order valence-electron chi connectivity index (χ0n) is 12.0. The van der Waals surface area contributed by atoms with Gasteiger partial charge in [0.1, 0.15) is 11.8 Å². The predicted octanol–water partition coefficient (Wildman–Crippen LogP) is 1.23. The van der Waals surface area contributed by atoms with Crippen LogP contribution in [0, 0.1) is 0 Å². The average Bonchev–Trinajstić information content (AvgIpc) is 2.93. The molecule has 0 atom stereocenters. The van der Waals surface area contributed by atoms with Crippen LogP contribution >= 0.6 is 0 Å². The number of carbonyl (C=O) groups excluding carboxylic acids is 1. The van der Waals surface area contributed by atoms with Crippen LogP contribution in [0.3, 0.4) is 0 Å². The Bertz CT molecular complexity index is 615. The first-order valence-corrected chi connectivity index (χ1v) is 7.33. The van der Waals surface area contributed by atoms with Crippen molar-refractivity contribution in [2.75, 3.05) is 45.9 Å². The van der Waals surface area contributed by atoms with Gasteiger partial charge < -0.3 is 9.52 Å². The number of nitrogens with zero attached hydrogens (tertiary/aromatic N) is 2. The van der Waals surface area contributed by atoms with Gasteiger partial charge in [-0.3, -0.25) is 14.6 Å². The van der Waals surface area contributed by atoms with Crippen molar-refractivity contribution in [3.63, 3.8) is 0 Å². The van der Waals surface area contributed by atoms with Crippen molar-refractivity contribution in [1.82, 2.24) is 9.80 Å². The van der Waals surface area contributed by atoms with Gasteiger partial charge in [0.25, 0.3) is 0 Å². The van der Waals surface area contributed by atoms with Crippen LogP contribution in [-0.2, 0) is 0 Å². The highest BCUT2D eigenvalue weighted by molar-refractivity contribution is 6.08. The van der Waals surface area contributed by atoms with Crippen molar-refractivity contribution in [2.45, 2.75) is 0 Å². The Morgan fingerprint density at radius 3 is 2.62 bits per heavy atom. The van der Waals surface area contributed by atoms with E-state index in [1.54, 1.807) is 6.26 Å². The number of ketones is 1. The molecule has 3 rings (SSSR count). The van der Waals surface area contributed by atoms with Crippen LogP contribution in [0.1, 0.15) is 10.4 Å². The summed E-state index contributed by atoms with van der Waals surface area (Å²) in [6, 6.07) is 7.62. The van der Waals surface area contributed by atoms with Crippen molar-refractivity contribution >= 4 is 16.8 Å². The van der Waals surface area contributed by atoms with Gasteiger partial charge in [-0.2, -0.15) is 0 Å². The zero-order chi connectivity index (χ0) is 14.7. The molecule has 112 valence electrons. The molecule has 1 aromatic heterocycles. The predicted molar refractivity (Wildman–Crippen MR) is 80.5 cm³/mol. The van der Waals surface area contributed by atoms with E-state index in [4.69, 9.17) is 9.52 Å². The lowest BCUT2D eigenvalue weighted by Gasteiger charge is -2.33. The van der Waals surface area contributed by atoms with Gasteiger partial charge in [0.15, 0.2) is 5.78 Å². The van der Waals surface area contributed by atoms with Crippen molar-refractivity contribution in [2.24, 2.45) is 0 Å². The molecule has 0 bridgehead atoms. The number of furan rings is 1. The lowest BCUT2D eigenvalue weighted by Crippen LogP contribution is -2.48. The highest BCUT2D eigenvalue weighted by atomic mass is 16.3. The molecule has 1 aliphatic rings. The average molecular weight is 288 g/mol. The van der Waals surface area contributed by atoms with E-state index < -0.39 is 0 Å². The monoisotopic (exact) mass is 288 g/mol. The maximum atomic E-state index is 12.4. The third kappa shape index (κ3) is 3.15. The summed E-state index contributed by atoms with van der Waals surface area (Å²) in [6.07, 6.45) is 1.56. The lowest BCUT2D eigenvalue weighted by atomic mass is 10.1. The van der Waals surface area contributed by atoms with Gasteiger partial charge >= 0.3 is 0 Å². The standard InChI is InChI=1S/C16H20N2O3/c19-10-9-17-5-7-18(8-6-17)11-15(20)14-12-21-16-4-2-1-3-13(14)16/h1-4,12,19H,5-11H2. The fourth-order valence-electron chi connectivity index (χ4n) is 2.79. The Labute approximate surface area is 123 Å². The van der Waals surface area contributed by atoms with E-state index in [2.05, 4.69) is 9.80 Å². The molecule has 0 amide bonds. The second kappa shape index (κ2) is 6.39. The number of benzene rings is 1. The molecule has 0 aliphatic carbocycles. The maximum Gasteiger partial charge on any atom is 0.180 e. The van der Waals surface area contributed by atoms with Gasteiger partial charge in [0, 0.05) is 38.1 Å². The number of aliphatic hydroxyl groups is 1. The number of hydrogen-bond donors (Lipinski definition) is 1. The summed E-state index contributed by atoms with van der Waals surface area (Å²) in [7, 11) is 0. The maximum absolute atomic E-state index is 12.4. The first kappa shape index (κ1) is 14.3. The van der Waals surface area contributed by atoms with E-state index in [9.17, 15) is 4.79 Å². The molecule has 1 fully saturated rings. The molecule has 0 radical (unpaired) electrons. The number of Topliss-reactive ketones (excluding diaryl/α,β-unsaturated/α-hetero) is 1. The normalized spacial score (nSPS) is 17.4. The van der Waals surface area contributed by atoms with E-state index in [1.807, 2.05) is 24.3 Å². The summed E-state index contributed by atoms with van der Waals surface area (Å²) in [5, 5.41) is 9.83. The summed E-state index contributed by atoms with van der Waals surface area (Å²) >= 11 is 0. The van der Waals surface area contributed by atoms with Gasteiger partial charge in [-0.15, -0.1) is 0 Å². The Morgan fingerprint density at radius 2 is 1.86 bits per heavy atom. The zero-order valence-corrected chi connectivity index (χ0v) is 12.0. The molecule has 0 spiro atoms. The van der Waals surface area contributed by atoms with Gasteiger partial charge in [-0.25, -0.2) is 0 Å². The SMILES string of the molecule is O=C(CN1CCN(CCO)CC1)c1coc2ccccc12. The summed E-state index contributed by atoms with van der Waals surface area (Å²) in [6.45, 7) is 4.87. The molecule has 2 heterocycles. The molecule has 1 aromatic carbocycles. The molecule has 5 heteroatoms. The first-order chi connectivity index (χ1) is 10.3. The van der Waals surface area contributed by atoms with E-state index in [1.165, 1.54) is 0 Å². The molecular formula is C16H20N2O3. The topological polar surface area (TPSA) is 56.9 Å². The van der Waals surface area contributed by atoms with Gasteiger partial charge in [0.2, 0.25) is 0 Å². The number of hydrogen-bond acceptors (Lipinski definition) is 5. The number of aliphatic hydroxyl groups excluding tert-OH is 1. The highest BCUT2D eigenvalue weighted by Gasteiger charge is 2.21. The smallest absolute Gasteiger partial charge is 0.180 e. The fraction of sp³-hybridized carbons (Fsp3) is 0.438. The number of para-hydroxylation sites is 1. The van der Waals surface area contributed by atoms with Crippen molar-refractivity contribution in [1.29, 1.82) is 0 Å². The van der Waals surface area contributed by atoms with Crippen LogP contribution in [0.5, 0.6) is 0 Å². The molecule has 5 nitrogen and oxygen atoms in total. The number of fused-ring (bicyclic) bond motifs is 1. The third-order valence-electron chi connectivity index (χ3n) is 4.03. The van der Waals surface area contributed by atoms with Crippen LogP contribution in [0.2, 0.25) is 0 Å². The largest absolute Gasteiger partial charge is 0.464 e. The summed E-state index contributed by atoms with van der Waals surface area (Å²) in [5.41, 5.74) is 1.43. The summed E-state index contributed by atoms with van der Waals surface area (Å²) in [4.78, 5) is 16.8. The summed E-state index contributed by atoms with van der Waals surface area (Å²) in [5.74, 6) is 0.107. The van der Waals surface area contributed by atoms with E-state index >= 15 is 0 Å². The highest BCUT2D eigenvalue weighted by Crippen LogP contribution is 2.21. The molecule has 2 aromatic rings. The Balaban J connectivity index is 1.62. The van der Waals surface area contributed by atoms with E-state index in [-0.39, 0.29) is 12.4 Å². The van der Waals surface area contributed by atoms with Gasteiger partial charge in [0.05, 0.1) is 18.7 Å². The minimum absolute atomic E-state index is 0.107. The second-order valence-corrected chi connectivity index (χ2v) is 5.41. The molecule has 1 aliphatic heterocycles. The minimum Gasteiger partial charge on any atom is -0.464 e. The second-order valence-electron chi connectivity index (χ2n) is 5.41. The molecular weight excluding hydrogens is 268 g/mol. The van der Waals surface area contributed by atoms with Crippen molar-refractivity contribution in [3.05, 3.63) is 36.1 Å². The Hall–Kier alpha value is -1.69. The van der Waals surface area contributed by atoms with Crippen molar-refractivity contribution < 1.29 is 14.3 Å². The fourth-order valence-corrected chi connectivity index (χ4v) is 2.79. The van der Waals surface area contributed by atoms with Crippen LogP contribution < -0.4 is 0 Å². The molecule has 0 saturated carbocycles. The molecule has 0 unspecified atom stereocenters. The molecule has 1 saturated heterocycles. The minimum atomic E-state index is 0.107. The first-order valence-electron chi connectivity index (χ1n) is 7.33. The number of β-amino-alcohol motifs (C(OH)–C–C–N with tert-alkyl or cyclic N) is 1. The third-order valence-corrected chi connectivity index (χ3v) is 4.03. The van der Waals surface area contributed by atoms with Crippen LogP contribution in [0.25, 0.3) is 11.0 Å². The number of rotatable bonds is 5. The number of carbonyl (C=O) groups is 1. The quantitative estimate of drug-likeness (QED) is 0.839. The van der Waals surface area contributed by atoms with Crippen LogP contribution in [0.15, 0.2) is 34.9 Å². The summed E-state index contributed by atoms with van der Waals surface area (Å²) < 4.78 is 5.43. The van der Waals surface area contributed by atoms with E-state index in [0.717, 1.165) is 37.1 Å². The lowest BCUT2D eigenvalue weighted by molar-refractivity contribution is 0.0823. The van der Waals surface area contributed by atoms with Crippen LogP contribution in [0.4, 0.5) is 0 Å². The van der Waals surface area contributed by atoms with Gasteiger partial charge in [-0.05, 0) is 6.07 Å². The van der Waals surface area contributed by atoms with Crippen LogP contribution in [-0.4, -0.2) is 66.6 Å². The van der Waals surface area contributed by atoms with E-state index in [0.29, 0.717) is 18.7 Å². The molecule has 1 N–H and O–H groups in total. The van der Waals surface area contributed by atoms with Crippen molar-refractivity contribution in [3.8, 4) is 0 Å². The Morgan fingerprint density at radius 1 is 1.14 bits per heavy atom. The number of piperazine rings is 1. The molecule has 21 heavy (non-hydrogen) atoms. The van der Waals surface area contributed by atoms with Gasteiger partial charge in [-0.1, -0.05) is 18.2 Å².